The summed E-state index contributed by atoms with van der Waals surface area (Å²) in [4.78, 5) is 23.5. The average molecular weight is 389 g/mol. The van der Waals surface area contributed by atoms with E-state index in [4.69, 9.17) is 0 Å². The molecule has 0 bridgehead atoms. The highest BCUT2D eigenvalue weighted by molar-refractivity contribution is 5.95. The topological polar surface area (TPSA) is 58.1 Å². The Labute approximate surface area is 172 Å². The molecule has 3 rings (SSSR count). The molecule has 2 aromatic carbocycles. The van der Waals surface area contributed by atoms with Gasteiger partial charge in [-0.25, -0.2) is 9.97 Å². The molecule has 1 aromatic heterocycles. The first kappa shape index (κ1) is 20.5. The summed E-state index contributed by atoms with van der Waals surface area (Å²) in [6.07, 6.45) is 3.46. The molecule has 1 heterocycles. The molecule has 0 saturated carbocycles. The maximum atomic E-state index is 12.9. The van der Waals surface area contributed by atoms with Gasteiger partial charge in [-0.2, -0.15) is 0 Å². The second-order valence-corrected chi connectivity index (χ2v) is 7.16. The monoisotopic (exact) mass is 388 g/mol. The minimum absolute atomic E-state index is 0.0699. The van der Waals surface area contributed by atoms with Crippen molar-refractivity contribution in [1.29, 1.82) is 0 Å². The van der Waals surface area contributed by atoms with Gasteiger partial charge in [-0.1, -0.05) is 43.7 Å². The molecule has 0 aliphatic rings. The number of aromatic nitrogens is 2. The van der Waals surface area contributed by atoms with Crippen molar-refractivity contribution in [3.8, 4) is 11.3 Å². The van der Waals surface area contributed by atoms with Crippen molar-refractivity contribution >= 4 is 17.4 Å². The van der Waals surface area contributed by atoms with E-state index in [1.165, 1.54) is 5.56 Å². The van der Waals surface area contributed by atoms with Crippen molar-refractivity contribution in [3.05, 3.63) is 72.1 Å². The van der Waals surface area contributed by atoms with Gasteiger partial charge in [0.05, 0.1) is 5.69 Å². The quantitative estimate of drug-likeness (QED) is 0.557. The Bertz CT molecular complexity index is 964. The average Bonchev–Trinajstić information content (AvgIpc) is 2.73. The zero-order valence-corrected chi connectivity index (χ0v) is 17.4. The van der Waals surface area contributed by atoms with Gasteiger partial charge in [0.25, 0.3) is 5.91 Å². The van der Waals surface area contributed by atoms with Crippen LogP contribution in [0.1, 0.15) is 42.6 Å². The number of aryl methyl sites for hydroxylation is 1. The zero-order valence-electron chi connectivity index (χ0n) is 17.4. The Hall–Kier alpha value is -3.21. The number of carbonyl (C=O) groups is 1. The number of rotatable bonds is 8. The molecule has 29 heavy (non-hydrogen) atoms. The molecule has 1 amide bonds. The lowest BCUT2D eigenvalue weighted by Crippen LogP contribution is -2.32. The van der Waals surface area contributed by atoms with E-state index in [-0.39, 0.29) is 5.91 Å². The van der Waals surface area contributed by atoms with Crippen molar-refractivity contribution in [2.75, 3.05) is 18.4 Å². The summed E-state index contributed by atoms with van der Waals surface area (Å²) in [6.45, 7) is 7.79. The molecule has 0 spiro atoms. The first-order chi connectivity index (χ1) is 14.1. The Balaban J connectivity index is 1.80. The van der Waals surface area contributed by atoms with Gasteiger partial charge in [-0.05, 0) is 44.0 Å². The second kappa shape index (κ2) is 9.82. The Morgan fingerprint density at radius 3 is 2.45 bits per heavy atom. The number of hydrogen-bond donors (Lipinski definition) is 1. The molecule has 1 N–H and O–H groups in total. The summed E-state index contributed by atoms with van der Waals surface area (Å²) in [5.41, 5.74) is 4.61. The molecular weight excluding hydrogens is 360 g/mol. The van der Waals surface area contributed by atoms with Crippen molar-refractivity contribution in [2.45, 2.75) is 33.6 Å². The SMILES string of the molecule is CCCN(CCC)C(=O)c1cccc(Nc2cc(-c3cccc(C)c3)ncn2)c1. The van der Waals surface area contributed by atoms with Gasteiger partial charge < -0.3 is 10.2 Å². The van der Waals surface area contributed by atoms with Crippen LogP contribution in [0.25, 0.3) is 11.3 Å². The van der Waals surface area contributed by atoms with E-state index in [0.29, 0.717) is 11.4 Å². The molecule has 0 radical (unpaired) electrons. The normalized spacial score (nSPS) is 10.6. The summed E-state index contributed by atoms with van der Waals surface area (Å²) in [5, 5.41) is 3.31. The third-order valence-corrected chi connectivity index (χ3v) is 4.64. The molecule has 0 saturated heterocycles. The summed E-state index contributed by atoms with van der Waals surface area (Å²) >= 11 is 0. The van der Waals surface area contributed by atoms with Gasteiger partial charge in [-0.15, -0.1) is 0 Å². The molecule has 5 heteroatoms. The van der Waals surface area contributed by atoms with E-state index in [1.807, 2.05) is 47.4 Å². The molecular formula is C24H28N4O. The summed E-state index contributed by atoms with van der Waals surface area (Å²) in [5.74, 6) is 0.764. The minimum atomic E-state index is 0.0699. The zero-order chi connectivity index (χ0) is 20.6. The Morgan fingerprint density at radius 1 is 0.966 bits per heavy atom. The van der Waals surface area contributed by atoms with Crippen LogP contribution in [0.4, 0.5) is 11.5 Å². The van der Waals surface area contributed by atoms with Crippen LogP contribution < -0.4 is 5.32 Å². The lowest BCUT2D eigenvalue weighted by molar-refractivity contribution is 0.0755. The third kappa shape index (κ3) is 5.41. The van der Waals surface area contributed by atoms with Gasteiger partial charge in [0.15, 0.2) is 0 Å². The number of anilines is 2. The number of benzene rings is 2. The summed E-state index contributed by atoms with van der Waals surface area (Å²) < 4.78 is 0. The molecule has 0 atom stereocenters. The minimum Gasteiger partial charge on any atom is -0.340 e. The van der Waals surface area contributed by atoms with Crippen molar-refractivity contribution in [1.82, 2.24) is 14.9 Å². The molecule has 0 unspecified atom stereocenters. The fraction of sp³-hybridized carbons (Fsp3) is 0.292. The summed E-state index contributed by atoms with van der Waals surface area (Å²) in [7, 11) is 0. The predicted molar refractivity (Wildman–Crippen MR) is 118 cm³/mol. The number of hydrogen-bond acceptors (Lipinski definition) is 4. The van der Waals surface area contributed by atoms with Gasteiger partial charge in [0, 0.05) is 36.0 Å². The van der Waals surface area contributed by atoms with E-state index in [9.17, 15) is 4.79 Å². The smallest absolute Gasteiger partial charge is 0.253 e. The van der Waals surface area contributed by atoms with E-state index in [1.54, 1.807) is 6.33 Å². The van der Waals surface area contributed by atoms with Crippen LogP contribution in [-0.2, 0) is 0 Å². The fourth-order valence-corrected chi connectivity index (χ4v) is 3.30. The van der Waals surface area contributed by atoms with Crippen LogP contribution in [0, 0.1) is 6.92 Å². The highest BCUT2D eigenvalue weighted by Gasteiger charge is 2.14. The Morgan fingerprint density at radius 2 is 1.72 bits per heavy atom. The van der Waals surface area contributed by atoms with Crippen LogP contribution in [0.2, 0.25) is 0 Å². The highest BCUT2D eigenvalue weighted by Crippen LogP contribution is 2.22. The second-order valence-electron chi connectivity index (χ2n) is 7.16. The number of amides is 1. The van der Waals surface area contributed by atoms with Crippen LogP contribution in [0.3, 0.4) is 0 Å². The molecule has 0 aliphatic heterocycles. The number of nitrogens with zero attached hydrogens (tertiary/aromatic N) is 3. The standard InChI is InChI=1S/C24H28N4O/c1-4-12-28(13-5-2)24(29)20-10-7-11-21(15-20)27-23-16-22(25-17-26-23)19-9-6-8-18(3)14-19/h6-11,14-17H,4-5,12-13H2,1-3H3,(H,25,26,27). The molecule has 5 nitrogen and oxygen atoms in total. The van der Waals surface area contributed by atoms with Crippen LogP contribution in [0.5, 0.6) is 0 Å². The van der Waals surface area contributed by atoms with Gasteiger partial charge in [0.2, 0.25) is 0 Å². The van der Waals surface area contributed by atoms with E-state index >= 15 is 0 Å². The summed E-state index contributed by atoms with van der Waals surface area (Å²) in [6, 6.07) is 17.7. The number of nitrogens with one attached hydrogen (secondary N) is 1. The van der Waals surface area contributed by atoms with Gasteiger partial charge >= 0.3 is 0 Å². The van der Waals surface area contributed by atoms with Crippen LogP contribution in [0.15, 0.2) is 60.9 Å². The molecule has 150 valence electrons. The van der Waals surface area contributed by atoms with Crippen molar-refractivity contribution in [2.24, 2.45) is 0 Å². The predicted octanol–water partition coefficient (Wildman–Crippen LogP) is 5.46. The Kier molecular flexibility index (Phi) is 6.95. The molecule has 0 aliphatic carbocycles. The lowest BCUT2D eigenvalue weighted by atomic mass is 10.1. The fourth-order valence-electron chi connectivity index (χ4n) is 3.30. The van der Waals surface area contributed by atoms with Crippen molar-refractivity contribution in [3.63, 3.8) is 0 Å². The molecule has 0 fully saturated rings. The molecule has 3 aromatic rings. The first-order valence-corrected chi connectivity index (χ1v) is 10.2. The third-order valence-electron chi connectivity index (χ3n) is 4.64. The first-order valence-electron chi connectivity index (χ1n) is 10.2. The largest absolute Gasteiger partial charge is 0.340 e. The van der Waals surface area contributed by atoms with Gasteiger partial charge in [0.1, 0.15) is 12.1 Å². The number of carbonyl (C=O) groups excluding carboxylic acids is 1. The van der Waals surface area contributed by atoms with E-state index in [2.05, 4.69) is 48.2 Å². The van der Waals surface area contributed by atoms with Crippen LogP contribution in [-0.4, -0.2) is 33.9 Å². The van der Waals surface area contributed by atoms with Gasteiger partial charge in [-0.3, -0.25) is 4.79 Å². The van der Waals surface area contributed by atoms with E-state index in [0.717, 1.165) is 42.9 Å². The van der Waals surface area contributed by atoms with E-state index < -0.39 is 0 Å². The van der Waals surface area contributed by atoms with Crippen LogP contribution >= 0.6 is 0 Å². The van der Waals surface area contributed by atoms with Crippen molar-refractivity contribution < 1.29 is 4.79 Å². The maximum Gasteiger partial charge on any atom is 0.253 e. The lowest BCUT2D eigenvalue weighted by Gasteiger charge is -2.21. The highest BCUT2D eigenvalue weighted by atomic mass is 16.2. The maximum absolute atomic E-state index is 12.9.